The fraction of sp³-hybridized carbons (Fsp3) is 0.193. The topological polar surface area (TPSA) is 418 Å². The summed E-state index contributed by atoms with van der Waals surface area (Å²) in [4.78, 5) is 91.8. The van der Waals surface area contributed by atoms with Gasteiger partial charge < -0.3 is 69.2 Å². The molecule has 15 aromatic rings. The molecule has 0 atom stereocenters. The summed E-state index contributed by atoms with van der Waals surface area (Å²) in [5, 5.41) is 15.9. The van der Waals surface area contributed by atoms with Gasteiger partial charge in [0, 0.05) is 24.2 Å². The summed E-state index contributed by atoms with van der Waals surface area (Å²) in [7, 11) is 0. The highest BCUT2D eigenvalue weighted by Gasteiger charge is 2.28. The Morgan fingerprint density at radius 3 is 1.61 bits per heavy atom. The van der Waals surface area contributed by atoms with Crippen molar-refractivity contribution in [2.75, 3.05) is 26.6 Å². The Morgan fingerprint density at radius 2 is 1.02 bits per heavy atom. The summed E-state index contributed by atoms with van der Waals surface area (Å²) in [5.74, 6) is 9.27. The minimum absolute atomic E-state index is 0.255. The second kappa shape index (κ2) is 27.0. The van der Waals surface area contributed by atoms with Crippen LogP contribution in [0.5, 0.6) is 0 Å². The Balaban J connectivity index is 0.000000107. The van der Waals surface area contributed by atoms with E-state index < -0.39 is 5.69 Å². The number of furan rings is 4. The van der Waals surface area contributed by atoms with Crippen molar-refractivity contribution in [2.24, 2.45) is 0 Å². The van der Waals surface area contributed by atoms with E-state index in [1.165, 1.54) is 31.8 Å². The van der Waals surface area contributed by atoms with E-state index in [-0.39, 0.29) is 5.92 Å². The van der Waals surface area contributed by atoms with Crippen LogP contribution >= 0.6 is 0 Å². The van der Waals surface area contributed by atoms with Crippen LogP contribution in [-0.2, 0) is 32.7 Å². The van der Waals surface area contributed by atoms with Gasteiger partial charge in [-0.25, -0.2) is 74.6 Å². The third kappa shape index (κ3) is 14.2. The predicted molar refractivity (Wildman–Crippen MR) is 323 cm³/mol. The number of nitrogens with zero attached hydrogens (tertiary/aromatic N) is 15. The van der Waals surface area contributed by atoms with Crippen molar-refractivity contribution in [3.05, 3.63) is 193 Å². The Hall–Kier alpha value is -12.2. The molecule has 1 aliphatic carbocycles. The van der Waals surface area contributed by atoms with Gasteiger partial charge in [-0.05, 0) is 73.5 Å². The fourth-order valence-electron chi connectivity index (χ4n) is 8.55. The monoisotopic (exact) mass is 1180 g/mol. The van der Waals surface area contributed by atoms with Gasteiger partial charge in [0.25, 0.3) is 0 Å². The van der Waals surface area contributed by atoms with Crippen molar-refractivity contribution in [1.29, 1.82) is 0 Å². The quantitative estimate of drug-likeness (QED) is 0.0405. The predicted octanol–water partition coefficient (Wildman–Crippen LogP) is 8.89. The molecule has 31 nitrogen and oxygen atoms in total. The maximum Gasteiger partial charge on any atom is 0.348 e. The molecule has 31 heteroatoms. The van der Waals surface area contributed by atoms with Gasteiger partial charge in [-0.15, -0.1) is 0 Å². The molecule has 1 saturated carbocycles. The minimum Gasteiger partial charge on any atom is -0.467 e. The van der Waals surface area contributed by atoms with E-state index in [0.717, 1.165) is 91.1 Å². The van der Waals surface area contributed by atoms with E-state index in [4.69, 9.17) is 17.7 Å². The maximum absolute atomic E-state index is 11.3. The SMILES string of the molecule is CC(C)c1nc(NCc2ccco2)c2[nH]cnc2n1.O=c1nc(NCc2ccco2)c2[nH]cnc2[nH]1.c1cc(CNc2ncnc3nc[nH]c23)ncn1.c1coc(CNc2nc(C3CC3)nc3nc[nH]c23)c1.c1coc(CNc2nccc3[nH]cnc23)c1. The molecule has 16 rings (SSSR count). The number of aromatic nitrogens is 21. The van der Waals surface area contributed by atoms with Gasteiger partial charge in [0.2, 0.25) is 0 Å². The molecule has 444 valence electrons. The minimum atomic E-state index is -0.438. The lowest BCUT2D eigenvalue weighted by Crippen LogP contribution is -2.14. The van der Waals surface area contributed by atoms with Crippen LogP contribution in [-0.4, -0.2) is 105 Å². The van der Waals surface area contributed by atoms with Crippen molar-refractivity contribution in [3.8, 4) is 0 Å². The number of anilines is 5. The molecule has 0 spiro atoms. The summed E-state index contributed by atoms with van der Waals surface area (Å²) in [6, 6.07) is 18.7. The molecular formula is C57H56N26O5. The molecule has 0 saturated heterocycles. The Labute approximate surface area is 496 Å². The van der Waals surface area contributed by atoms with Gasteiger partial charge in [-0.1, -0.05) is 13.8 Å². The number of nitrogens with one attached hydrogen (secondary N) is 11. The average molecular weight is 1190 g/mol. The fourth-order valence-corrected chi connectivity index (χ4v) is 8.55. The summed E-state index contributed by atoms with van der Waals surface area (Å²) < 4.78 is 21.0. The molecule has 0 unspecified atom stereocenters. The Kier molecular flexibility index (Phi) is 17.3. The molecule has 0 radical (unpaired) electrons. The normalized spacial score (nSPS) is 11.8. The number of imidazole rings is 5. The first kappa shape index (κ1) is 56.3. The van der Waals surface area contributed by atoms with Crippen molar-refractivity contribution < 1.29 is 17.7 Å². The highest BCUT2D eigenvalue weighted by molar-refractivity contribution is 5.86. The lowest BCUT2D eigenvalue weighted by molar-refractivity contribution is 0.517. The van der Waals surface area contributed by atoms with E-state index >= 15 is 0 Å². The zero-order chi connectivity index (χ0) is 59.9. The van der Waals surface area contributed by atoms with Crippen LogP contribution in [0.15, 0.2) is 165 Å². The van der Waals surface area contributed by atoms with Crippen molar-refractivity contribution >= 4 is 84.8 Å². The average Bonchev–Trinajstić information content (AvgIpc) is 2.58. The molecule has 0 amide bonds. The van der Waals surface area contributed by atoms with Crippen molar-refractivity contribution in [1.82, 2.24) is 105 Å². The summed E-state index contributed by atoms with van der Waals surface area (Å²) >= 11 is 0. The van der Waals surface area contributed by atoms with Crippen LogP contribution in [0.1, 0.15) is 78.9 Å². The number of pyridine rings is 1. The molecular weight excluding hydrogens is 1130 g/mol. The summed E-state index contributed by atoms with van der Waals surface area (Å²) in [5.41, 5.74) is 7.91. The Morgan fingerprint density at radius 1 is 0.477 bits per heavy atom. The highest BCUT2D eigenvalue weighted by atomic mass is 16.3. The standard InChI is InChI=1S/C13H13N5O.C13H15N5O.C11H10N4O.C10H9N7.C10H9N5O2/c1-2-9(19-5-1)6-14-12-10-13(16-7-15-10)18-11(17-12)8-3-4-8;1-8(2)11-17-12(10-13(18-11)16-7-15-10)14-6-9-4-3-5-19-9;1-2-8(16-5-1)6-13-11-10-9(3-4-12-11)14-7-15-10;1-2-11-4-13-7(1)3-12-9-8-10(15-5-14-8)17-6-16-9;16-10-14-8(7-9(15-10)13-5-12-7)11-4-6-2-1-3-17-6/h1-2,5,7-8H,3-4,6H2,(H2,14,15,16,17,18);3-5,7-8H,6H2,1-2H3,(H2,14,15,16,17,18);1-5,7H,6H2,(H,12,13)(H,14,15);1-2,4-6H,3H2,(H2,12,14,15,16,17);1-3,5H,4H2,(H3,11,12,13,14,15,16). The number of hydrogen-bond donors (Lipinski definition) is 11. The van der Waals surface area contributed by atoms with Gasteiger partial charge in [-0.2, -0.15) is 4.98 Å². The lowest BCUT2D eigenvalue weighted by Gasteiger charge is -2.08. The molecule has 88 heavy (non-hydrogen) atoms. The third-order valence-electron chi connectivity index (χ3n) is 13.1. The van der Waals surface area contributed by atoms with Gasteiger partial charge >= 0.3 is 5.69 Å². The van der Waals surface area contributed by atoms with Crippen LogP contribution < -0.4 is 32.3 Å². The van der Waals surface area contributed by atoms with Crippen LogP contribution in [0.4, 0.5) is 29.1 Å². The van der Waals surface area contributed by atoms with E-state index in [1.807, 2.05) is 54.6 Å². The molecule has 11 N–H and O–H groups in total. The lowest BCUT2D eigenvalue weighted by atomic mass is 10.2. The summed E-state index contributed by atoms with van der Waals surface area (Å²) in [6.07, 6.45) is 23.4. The van der Waals surface area contributed by atoms with Gasteiger partial charge in [-0.3, -0.25) is 4.98 Å². The van der Waals surface area contributed by atoms with Crippen LogP contribution in [0.3, 0.4) is 0 Å². The number of hydrogen-bond acceptors (Lipinski definition) is 25. The second-order valence-corrected chi connectivity index (χ2v) is 19.6. The highest BCUT2D eigenvalue weighted by Crippen LogP contribution is 2.39. The van der Waals surface area contributed by atoms with Crippen molar-refractivity contribution in [2.45, 2.75) is 71.2 Å². The number of rotatable bonds is 17. The van der Waals surface area contributed by atoms with Crippen LogP contribution in [0, 0.1) is 0 Å². The van der Waals surface area contributed by atoms with Gasteiger partial charge in [0.05, 0.1) is 101 Å². The van der Waals surface area contributed by atoms with E-state index in [1.54, 1.807) is 68.8 Å². The van der Waals surface area contributed by atoms with E-state index in [2.05, 4.69) is 145 Å². The molecule has 15 heterocycles. The van der Waals surface area contributed by atoms with Gasteiger partial charge in [0.1, 0.15) is 74.9 Å². The number of fused-ring (bicyclic) bond motifs is 5. The van der Waals surface area contributed by atoms with Gasteiger partial charge in [0.15, 0.2) is 51.7 Å². The zero-order valence-electron chi connectivity index (χ0n) is 47.1. The third-order valence-corrected chi connectivity index (χ3v) is 13.1. The molecule has 1 fully saturated rings. The molecule has 0 bridgehead atoms. The first-order valence-electron chi connectivity index (χ1n) is 27.6. The zero-order valence-corrected chi connectivity index (χ0v) is 47.1. The van der Waals surface area contributed by atoms with Crippen LogP contribution in [0.2, 0.25) is 0 Å². The first-order chi connectivity index (χ1) is 43.3. The largest absolute Gasteiger partial charge is 0.467 e. The summed E-state index contributed by atoms with van der Waals surface area (Å²) in [6.45, 7) is 6.93. The number of H-pyrrole nitrogens is 6. The van der Waals surface area contributed by atoms with E-state index in [9.17, 15) is 4.79 Å². The van der Waals surface area contributed by atoms with E-state index in [0.29, 0.717) is 72.7 Å². The molecule has 0 aliphatic heterocycles. The number of aromatic amines is 6. The Bertz CT molecular complexity index is 4510. The molecule has 15 aromatic heterocycles. The first-order valence-corrected chi connectivity index (χ1v) is 27.6. The smallest absolute Gasteiger partial charge is 0.348 e. The van der Waals surface area contributed by atoms with Crippen LogP contribution in [0.25, 0.3) is 55.7 Å². The van der Waals surface area contributed by atoms with Crippen molar-refractivity contribution in [3.63, 3.8) is 0 Å². The molecule has 1 aliphatic rings. The second-order valence-electron chi connectivity index (χ2n) is 19.6. The molecule has 0 aromatic carbocycles. The maximum atomic E-state index is 11.3.